The van der Waals surface area contributed by atoms with Crippen LogP contribution in [0.5, 0.6) is 5.75 Å². The van der Waals surface area contributed by atoms with E-state index in [0.717, 1.165) is 0 Å². The number of hydrogen-bond donors (Lipinski definition) is 1. The van der Waals surface area contributed by atoms with Crippen LogP contribution in [0.25, 0.3) is 0 Å². The zero-order valence-electron chi connectivity index (χ0n) is 8.12. The third-order valence-electron chi connectivity index (χ3n) is 1.15. The van der Waals surface area contributed by atoms with E-state index >= 15 is 0 Å². The van der Waals surface area contributed by atoms with Gasteiger partial charge in [-0.1, -0.05) is 22.1 Å². The second kappa shape index (κ2) is 5.94. The second-order valence-corrected chi connectivity index (χ2v) is 4.99. The molecular formula is C6H6FNNaO5S2. The Labute approximate surface area is 115 Å². The maximum Gasteiger partial charge on any atom is 0.397 e. The summed E-state index contributed by atoms with van der Waals surface area (Å²) in [5.74, 6) is -0.131. The van der Waals surface area contributed by atoms with E-state index in [-0.39, 0.29) is 35.3 Å². The monoisotopic (exact) mass is 278 g/mol. The molecule has 6 nitrogen and oxygen atoms in total. The Morgan fingerprint density at radius 2 is 1.56 bits per heavy atom. The Kier molecular flexibility index (Phi) is 5.87. The van der Waals surface area contributed by atoms with E-state index in [1.807, 2.05) is 0 Å². The van der Waals surface area contributed by atoms with E-state index in [1.54, 1.807) is 6.07 Å². The van der Waals surface area contributed by atoms with Crippen LogP contribution >= 0.6 is 0 Å². The van der Waals surface area contributed by atoms with Gasteiger partial charge >= 0.3 is 20.7 Å². The van der Waals surface area contributed by atoms with E-state index in [0.29, 0.717) is 4.13 Å². The van der Waals surface area contributed by atoms with Crippen LogP contribution in [0.1, 0.15) is 0 Å². The van der Waals surface area contributed by atoms with Crippen molar-refractivity contribution in [3.63, 3.8) is 0 Å². The first kappa shape index (κ1) is 15.8. The molecule has 0 unspecified atom stereocenters. The zero-order chi connectivity index (χ0) is 11.5. The van der Waals surface area contributed by atoms with Crippen LogP contribution in [0, 0.1) is 0 Å². The predicted octanol–water partition coefficient (Wildman–Crippen LogP) is -0.267. The van der Waals surface area contributed by atoms with E-state index < -0.39 is 20.7 Å². The van der Waals surface area contributed by atoms with Gasteiger partial charge in [0.25, 0.3) is 0 Å². The van der Waals surface area contributed by atoms with Gasteiger partial charge in [-0.15, -0.1) is 0 Å². The van der Waals surface area contributed by atoms with E-state index in [2.05, 4.69) is 4.18 Å². The first-order valence-electron chi connectivity index (χ1n) is 3.51. The van der Waals surface area contributed by atoms with Crippen molar-refractivity contribution in [2.75, 3.05) is 0 Å². The van der Waals surface area contributed by atoms with Crippen LogP contribution < -0.4 is 8.31 Å². The summed E-state index contributed by atoms with van der Waals surface area (Å²) in [7, 11) is -10.1. The van der Waals surface area contributed by atoms with Gasteiger partial charge in [0, 0.05) is 29.6 Å². The topological polar surface area (TPSA) is 89.5 Å². The summed E-state index contributed by atoms with van der Waals surface area (Å²) in [6, 6.07) is 7.07. The van der Waals surface area contributed by atoms with Crippen molar-refractivity contribution in [2.45, 2.75) is 0 Å². The number of halogens is 1. The Morgan fingerprint density at radius 1 is 1.06 bits per heavy atom. The fourth-order valence-electron chi connectivity index (χ4n) is 0.742. The van der Waals surface area contributed by atoms with Gasteiger partial charge in [-0.3, -0.25) is 0 Å². The summed E-state index contributed by atoms with van der Waals surface area (Å²) in [5.41, 5.74) is 0. The van der Waals surface area contributed by atoms with Crippen molar-refractivity contribution in [3.05, 3.63) is 30.3 Å². The number of hydrogen-bond acceptors (Lipinski definition) is 5. The number of nitrogens with one attached hydrogen (secondary N) is 1. The maximum atomic E-state index is 12.0. The number of para-hydroxylation sites is 1. The van der Waals surface area contributed by atoms with Gasteiger partial charge in [0.2, 0.25) is 0 Å². The molecule has 1 rings (SSSR count). The van der Waals surface area contributed by atoms with E-state index in [4.69, 9.17) is 0 Å². The molecule has 0 aliphatic heterocycles. The van der Waals surface area contributed by atoms with Crippen LogP contribution in [0.15, 0.2) is 30.3 Å². The predicted molar refractivity (Wildman–Crippen MR) is 54.9 cm³/mol. The molecule has 0 spiro atoms. The average Bonchev–Trinajstić information content (AvgIpc) is 1.99. The van der Waals surface area contributed by atoms with Gasteiger partial charge in [0.05, 0.1) is 0 Å². The van der Waals surface area contributed by atoms with Crippen molar-refractivity contribution >= 4 is 50.3 Å². The molecule has 1 radical (unpaired) electrons. The van der Waals surface area contributed by atoms with E-state index in [1.165, 1.54) is 24.3 Å². The fraction of sp³-hybridized carbons (Fsp3) is 0. The third kappa shape index (κ3) is 6.40. The van der Waals surface area contributed by atoms with Gasteiger partial charge in [-0.05, 0) is 16.3 Å². The molecule has 0 aromatic heterocycles. The molecule has 0 bridgehead atoms. The van der Waals surface area contributed by atoms with Crippen LogP contribution in [0.4, 0.5) is 3.89 Å². The molecule has 0 aliphatic carbocycles. The smallest absolute Gasteiger partial charge is 0.370 e. The summed E-state index contributed by atoms with van der Waals surface area (Å²) in [4.78, 5) is 0. The summed E-state index contributed by atoms with van der Waals surface area (Å²) in [6.07, 6.45) is 0. The normalized spacial score (nSPS) is 11.6. The van der Waals surface area contributed by atoms with Crippen LogP contribution in [0.3, 0.4) is 0 Å². The van der Waals surface area contributed by atoms with Crippen LogP contribution in [0.2, 0.25) is 0 Å². The summed E-state index contributed by atoms with van der Waals surface area (Å²) in [6.45, 7) is 0. The Balaban J connectivity index is 0.00000225. The van der Waals surface area contributed by atoms with Gasteiger partial charge in [-0.2, -0.15) is 16.8 Å². The van der Waals surface area contributed by atoms with Crippen molar-refractivity contribution < 1.29 is 24.9 Å². The Hall–Kier alpha value is -0.190. The van der Waals surface area contributed by atoms with Gasteiger partial charge in [0.15, 0.2) is 0 Å². The molecule has 0 fully saturated rings. The average molecular weight is 278 g/mol. The third-order valence-corrected chi connectivity index (χ3v) is 3.18. The molecule has 1 aromatic carbocycles. The quantitative estimate of drug-likeness (QED) is 0.605. The zero-order valence-corrected chi connectivity index (χ0v) is 11.8. The first-order valence-corrected chi connectivity index (χ1v) is 6.30. The summed E-state index contributed by atoms with van der Waals surface area (Å²) in [5, 5.41) is 0. The minimum absolute atomic E-state index is 0. The Morgan fingerprint density at radius 3 is 2.00 bits per heavy atom. The van der Waals surface area contributed by atoms with Crippen molar-refractivity contribution in [1.82, 2.24) is 4.13 Å². The summed E-state index contributed by atoms with van der Waals surface area (Å²) < 4.78 is 58.6. The standard InChI is InChI=1S/C6H6FNO5S2.Na/c7-14(9,10)8-15(11,12)13-6-4-2-1-3-5-6;/h1-5,8H;. The van der Waals surface area contributed by atoms with Crippen molar-refractivity contribution in [3.8, 4) is 5.75 Å². The van der Waals surface area contributed by atoms with Crippen molar-refractivity contribution in [1.29, 1.82) is 0 Å². The first-order chi connectivity index (χ1) is 6.79. The molecule has 0 amide bonds. The molecule has 10 heteroatoms. The molecule has 0 atom stereocenters. The largest absolute Gasteiger partial charge is 0.397 e. The maximum absolute atomic E-state index is 12.0. The van der Waals surface area contributed by atoms with Crippen LogP contribution in [-0.4, -0.2) is 46.4 Å². The Bertz CT molecular complexity index is 529. The molecule has 85 valence electrons. The van der Waals surface area contributed by atoms with Crippen LogP contribution in [-0.2, 0) is 20.7 Å². The van der Waals surface area contributed by atoms with Crippen molar-refractivity contribution in [2.24, 2.45) is 0 Å². The molecule has 0 saturated heterocycles. The van der Waals surface area contributed by atoms with Gasteiger partial charge in [-0.25, -0.2) is 0 Å². The number of benzene rings is 1. The number of rotatable bonds is 4. The second-order valence-electron chi connectivity index (χ2n) is 2.37. The van der Waals surface area contributed by atoms with E-state index in [9.17, 15) is 20.7 Å². The fourth-order valence-corrected chi connectivity index (χ4v) is 2.22. The molecule has 1 aromatic rings. The van der Waals surface area contributed by atoms with Gasteiger partial charge < -0.3 is 4.18 Å². The molecule has 0 heterocycles. The molecular weight excluding hydrogens is 272 g/mol. The minimum atomic E-state index is -5.36. The molecule has 16 heavy (non-hydrogen) atoms. The molecule has 1 N–H and O–H groups in total. The SMILES string of the molecule is O=S(=O)(F)NS(=O)(=O)Oc1ccccc1.[Na]. The van der Waals surface area contributed by atoms with Gasteiger partial charge in [0.1, 0.15) is 5.75 Å². The minimum Gasteiger partial charge on any atom is -0.370 e. The molecule has 0 saturated carbocycles. The molecule has 0 aliphatic rings. The summed E-state index contributed by atoms with van der Waals surface area (Å²) >= 11 is 0.